The number of benzene rings is 2. The fourth-order valence-corrected chi connectivity index (χ4v) is 2.92. The Balaban J connectivity index is 1.61. The summed E-state index contributed by atoms with van der Waals surface area (Å²) in [4.78, 5) is 23.1. The lowest BCUT2D eigenvalue weighted by Gasteiger charge is -2.31. The van der Waals surface area contributed by atoms with Crippen molar-refractivity contribution in [2.75, 3.05) is 5.32 Å². The van der Waals surface area contributed by atoms with Crippen LogP contribution in [0, 0.1) is 18.8 Å². The first kappa shape index (κ1) is 17.0. The van der Waals surface area contributed by atoms with Crippen molar-refractivity contribution in [1.82, 2.24) is 0 Å². The molecule has 5 nitrogen and oxygen atoms in total. The average Bonchev–Trinajstić information content (AvgIpc) is 2.55. The Hall–Kier alpha value is -2.82. The summed E-state index contributed by atoms with van der Waals surface area (Å²) in [5, 5.41) is 11.8. The monoisotopic (exact) mass is 339 g/mol. The lowest BCUT2D eigenvalue weighted by molar-refractivity contribution is -0.147. The SMILES string of the molecule is Cc1c(COc2ccccc2)cccc1NC(=O)C1CC(C(=O)O)C1. The summed E-state index contributed by atoms with van der Waals surface area (Å²) < 4.78 is 5.78. The molecule has 25 heavy (non-hydrogen) atoms. The van der Waals surface area contributed by atoms with Gasteiger partial charge in [-0.2, -0.15) is 0 Å². The Labute approximate surface area is 146 Å². The van der Waals surface area contributed by atoms with Crippen LogP contribution in [0.4, 0.5) is 5.69 Å². The minimum atomic E-state index is -0.819. The van der Waals surface area contributed by atoms with E-state index in [2.05, 4.69) is 5.32 Å². The molecule has 0 heterocycles. The highest BCUT2D eigenvalue weighted by molar-refractivity contribution is 5.95. The first-order valence-electron chi connectivity index (χ1n) is 8.34. The number of ether oxygens (including phenoxy) is 1. The van der Waals surface area contributed by atoms with Crippen molar-refractivity contribution >= 4 is 17.6 Å². The highest BCUT2D eigenvalue weighted by Gasteiger charge is 2.38. The van der Waals surface area contributed by atoms with Gasteiger partial charge in [0, 0.05) is 11.6 Å². The number of aliphatic carboxylic acids is 1. The smallest absolute Gasteiger partial charge is 0.306 e. The molecule has 0 spiro atoms. The van der Waals surface area contributed by atoms with Gasteiger partial charge >= 0.3 is 5.97 Å². The van der Waals surface area contributed by atoms with Gasteiger partial charge in [0.1, 0.15) is 12.4 Å². The number of anilines is 1. The predicted octanol–water partition coefficient (Wildman–Crippen LogP) is 3.62. The third kappa shape index (κ3) is 3.99. The number of carbonyl (C=O) groups is 2. The molecule has 5 heteroatoms. The fraction of sp³-hybridized carbons (Fsp3) is 0.300. The van der Waals surface area contributed by atoms with E-state index in [-0.39, 0.29) is 17.7 Å². The van der Waals surface area contributed by atoms with E-state index < -0.39 is 5.97 Å². The number of carboxylic acid groups (broad SMARTS) is 1. The van der Waals surface area contributed by atoms with Gasteiger partial charge in [0.05, 0.1) is 5.92 Å². The van der Waals surface area contributed by atoms with Crippen LogP contribution < -0.4 is 10.1 Å². The molecule has 2 aromatic carbocycles. The van der Waals surface area contributed by atoms with Gasteiger partial charge in [-0.15, -0.1) is 0 Å². The van der Waals surface area contributed by atoms with Crippen LogP contribution in [0.2, 0.25) is 0 Å². The summed E-state index contributed by atoms with van der Waals surface area (Å²) in [6, 6.07) is 15.3. The Morgan fingerprint density at radius 1 is 1.08 bits per heavy atom. The van der Waals surface area contributed by atoms with Gasteiger partial charge in [0.25, 0.3) is 0 Å². The predicted molar refractivity (Wildman–Crippen MR) is 94.4 cm³/mol. The van der Waals surface area contributed by atoms with E-state index in [1.807, 2.05) is 55.5 Å². The summed E-state index contributed by atoms with van der Waals surface area (Å²) in [6.45, 7) is 2.37. The molecule has 0 unspecified atom stereocenters. The lowest BCUT2D eigenvalue weighted by Crippen LogP contribution is -2.38. The molecule has 0 atom stereocenters. The van der Waals surface area contributed by atoms with Crippen molar-refractivity contribution < 1.29 is 19.4 Å². The molecular formula is C20H21NO4. The van der Waals surface area contributed by atoms with Gasteiger partial charge in [0.2, 0.25) is 5.91 Å². The summed E-state index contributed by atoms with van der Waals surface area (Å²) >= 11 is 0. The maximum absolute atomic E-state index is 12.3. The number of rotatable bonds is 6. The molecule has 0 saturated heterocycles. The standard InChI is InChI=1S/C20H21NO4/c1-13-14(12-25-17-7-3-2-4-8-17)6-5-9-18(13)21-19(22)15-10-16(11-15)20(23)24/h2-9,15-16H,10-12H2,1H3,(H,21,22)(H,23,24). The van der Waals surface area contributed by atoms with Gasteiger partial charge in [-0.3, -0.25) is 9.59 Å². The number of carboxylic acids is 1. The second-order valence-corrected chi connectivity index (χ2v) is 6.38. The molecule has 2 aromatic rings. The molecule has 1 aliphatic rings. The third-order valence-corrected chi connectivity index (χ3v) is 4.70. The molecule has 1 fully saturated rings. The van der Waals surface area contributed by atoms with Crippen LogP contribution in [0.15, 0.2) is 48.5 Å². The Morgan fingerprint density at radius 2 is 1.80 bits per heavy atom. The van der Waals surface area contributed by atoms with Gasteiger partial charge in [-0.25, -0.2) is 0 Å². The lowest BCUT2D eigenvalue weighted by atomic mass is 9.74. The molecule has 0 aliphatic heterocycles. The molecule has 0 aromatic heterocycles. The van der Waals surface area contributed by atoms with Crippen LogP contribution in [0.1, 0.15) is 24.0 Å². The molecule has 0 radical (unpaired) electrons. The Bertz CT molecular complexity index is 767. The molecule has 1 aliphatic carbocycles. The number of carbonyl (C=O) groups excluding carboxylic acids is 1. The molecule has 2 N–H and O–H groups in total. The van der Waals surface area contributed by atoms with Gasteiger partial charge < -0.3 is 15.2 Å². The van der Waals surface area contributed by atoms with E-state index >= 15 is 0 Å². The quantitative estimate of drug-likeness (QED) is 0.843. The first-order valence-corrected chi connectivity index (χ1v) is 8.34. The van der Waals surface area contributed by atoms with E-state index in [1.165, 1.54) is 0 Å². The molecule has 130 valence electrons. The van der Waals surface area contributed by atoms with Crippen molar-refractivity contribution in [3.05, 3.63) is 59.7 Å². The van der Waals surface area contributed by atoms with Gasteiger partial charge in [0.15, 0.2) is 0 Å². The van der Waals surface area contributed by atoms with Gasteiger partial charge in [-0.05, 0) is 49.1 Å². The summed E-state index contributed by atoms with van der Waals surface area (Å²) in [7, 11) is 0. The van der Waals surface area contributed by atoms with E-state index in [4.69, 9.17) is 9.84 Å². The van der Waals surface area contributed by atoms with Crippen molar-refractivity contribution in [2.24, 2.45) is 11.8 Å². The Kier molecular flexibility index (Phi) is 5.03. The summed E-state index contributed by atoms with van der Waals surface area (Å²) in [6.07, 6.45) is 0.827. The number of hydrogen-bond donors (Lipinski definition) is 2. The normalized spacial score (nSPS) is 18.9. The highest BCUT2D eigenvalue weighted by atomic mass is 16.5. The largest absolute Gasteiger partial charge is 0.489 e. The second-order valence-electron chi connectivity index (χ2n) is 6.38. The Morgan fingerprint density at radius 3 is 2.48 bits per heavy atom. The zero-order chi connectivity index (χ0) is 17.8. The number of hydrogen-bond acceptors (Lipinski definition) is 3. The summed E-state index contributed by atoms with van der Waals surface area (Å²) in [5.41, 5.74) is 2.71. The maximum atomic E-state index is 12.3. The van der Waals surface area contributed by atoms with Crippen LogP contribution >= 0.6 is 0 Å². The van der Waals surface area contributed by atoms with E-state index in [0.29, 0.717) is 19.4 Å². The van der Waals surface area contributed by atoms with Crippen LogP contribution in [-0.2, 0) is 16.2 Å². The zero-order valence-corrected chi connectivity index (χ0v) is 14.1. The van der Waals surface area contributed by atoms with Crippen LogP contribution in [0.25, 0.3) is 0 Å². The molecule has 3 rings (SSSR count). The van der Waals surface area contributed by atoms with Crippen molar-refractivity contribution in [3.8, 4) is 5.75 Å². The first-order chi connectivity index (χ1) is 12.0. The van der Waals surface area contributed by atoms with E-state index in [1.54, 1.807) is 0 Å². The molecular weight excluding hydrogens is 318 g/mol. The fourth-order valence-electron chi connectivity index (χ4n) is 2.92. The van der Waals surface area contributed by atoms with Crippen LogP contribution in [0.3, 0.4) is 0 Å². The van der Waals surface area contributed by atoms with E-state index in [0.717, 1.165) is 22.6 Å². The van der Waals surface area contributed by atoms with Crippen molar-refractivity contribution in [1.29, 1.82) is 0 Å². The number of para-hydroxylation sites is 1. The van der Waals surface area contributed by atoms with Crippen LogP contribution in [0.5, 0.6) is 5.75 Å². The minimum Gasteiger partial charge on any atom is -0.489 e. The van der Waals surface area contributed by atoms with Crippen LogP contribution in [-0.4, -0.2) is 17.0 Å². The average molecular weight is 339 g/mol. The van der Waals surface area contributed by atoms with Gasteiger partial charge in [-0.1, -0.05) is 30.3 Å². The van der Waals surface area contributed by atoms with E-state index in [9.17, 15) is 9.59 Å². The second kappa shape index (κ2) is 7.38. The molecule has 1 amide bonds. The van der Waals surface area contributed by atoms with Crippen molar-refractivity contribution in [3.63, 3.8) is 0 Å². The summed E-state index contributed by atoms with van der Waals surface area (Å²) in [5.74, 6) is -0.736. The number of amides is 1. The zero-order valence-electron chi connectivity index (χ0n) is 14.1. The molecule has 1 saturated carbocycles. The maximum Gasteiger partial charge on any atom is 0.306 e. The topological polar surface area (TPSA) is 75.6 Å². The highest BCUT2D eigenvalue weighted by Crippen LogP contribution is 2.35. The minimum absolute atomic E-state index is 0.110. The van der Waals surface area contributed by atoms with Crippen molar-refractivity contribution in [2.45, 2.75) is 26.4 Å². The number of nitrogens with one attached hydrogen (secondary N) is 1. The third-order valence-electron chi connectivity index (χ3n) is 4.70. The molecule has 0 bridgehead atoms.